The minimum atomic E-state index is -1.21. The lowest BCUT2D eigenvalue weighted by atomic mass is 10.1. The molecule has 0 atom stereocenters. The van der Waals surface area contributed by atoms with Crippen LogP contribution in [-0.2, 0) is 4.79 Å². The van der Waals surface area contributed by atoms with Crippen molar-refractivity contribution in [2.45, 2.75) is 108 Å². The smallest absolute Gasteiger partial charge is 0.173 e. The van der Waals surface area contributed by atoms with Gasteiger partial charge < -0.3 is 0 Å². The van der Waals surface area contributed by atoms with Gasteiger partial charge in [-0.05, 0) is 39.0 Å². The molecule has 0 N–H and O–H groups in total. The van der Waals surface area contributed by atoms with Crippen molar-refractivity contribution in [2.24, 2.45) is 0 Å². The van der Waals surface area contributed by atoms with Crippen molar-refractivity contribution in [3.63, 3.8) is 0 Å². The number of rotatable bonds is 16. The Hall–Kier alpha value is -0.0100. The molecular formula is C20H36Cl2O. The Morgan fingerprint density at radius 3 is 1.70 bits per heavy atom. The highest BCUT2D eigenvalue weighted by Crippen LogP contribution is 2.23. The van der Waals surface area contributed by atoms with Crippen LogP contribution >= 0.6 is 23.2 Å². The van der Waals surface area contributed by atoms with E-state index in [0.29, 0.717) is 6.42 Å². The fourth-order valence-corrected chi connectivity index (χ4v) is 2.76. The van der Waals surface area contributed by atoms with Crippen LogP contribution in [0.3, 0.4) is 0 Å². The zero-order valence-electron chi connectivity index (χ0n) is 15.2. The van der Waals surface area contributed by atoms with E-state index in [0.717, 1.165) is 12.8 Å². The predicted octanol–water partition coefficient (Wildman–Crippen LogP) is 7.79. The van der Waals surface area contributed by atoms with Gasteiger partial charge in [0.1, 0.15) is 0 Å². The van der Waals surface area contributed by atoms with Crippen LogP contribution in [0.2, 0.25) is 0 Å². The fraction of sp³-hybridized carbons (Fsp3) is 0.850. The van der Waals surface area contributed by atoms with Crippen molar-refractivity contribution in [1.29, 1.82) is 0 Å². The monoisotopic (exact) mass is 362 g/mol. The van der Waals surface area contributed by atoms with E-state index < -0.39 is 4.33 Å². The lowest BCUT2D eigenvalue weighted by Gasteiger charge is -2.10. The van der Waals surface area contributed by atoms with Crippen LogP contribution in [0.5, 0.6) is 0 Å². The summed E-state index contributed by atoms with van der Waals surface area (Å²) >= 11 is 11.5. The number of unbranched alkanes of at least 4 members (excludes halogenated alkanes) is 11. The summed E-state index contributed by atoms with van der Waals surface area (Å²) in [6.07, 6.45) is 21.6. The molecule has 136 valence electrons. The van der Waals surface area contributed by atoms with Gasteiger partial charge in [-0.1, -0.05) is 93.6 Å². The Bertz CT molecular complexity index is 305. The van der Waals surface area contributed by atoms with Gasteiger partial charge in [-0.2, -0.15) is 0 Å². The van der Waals surface area contributed by atoms with E-state index in [-0.39, 0.29) is 5.78 Å². The van der Waals surface area contributed by atoms with Crippen molar-refractivity contribution in [3.8, 4) is 0 Å². The molecule has 0 bridgehead atoms. The third-order valence-corrected chi connectivity index (χ3v) is 4.58. The second kappa shape index (κ2) is 15.5. The van der Waals surface area contributed by atoms with E-state index >= 15 is 0 Å². The average Bonchev–Trinajstić information content (AvgIpc) is 2.50. The quantitative estimate of drug-likeness (QED) is 0.155. The van der Waals surface area contributed by atoms with Crippen LogP contribution in [-0.4, -0.2) is 10.1 Å². The first-order valence-electron chi connectivity index (χ1n) is 9.54. The summed E-state index contributed by atoms with van der Waals surface area (Å²) in [6.45, 7) is 3.81. The van der Waals surface area contributed by atoms with Gasteiger partial charge >= 0.3 is 0 Å². The van der Waals surface area contributed by atoms with Gasteiger partial charge in [0.05, 0.1) is 0 Å². The number of hydrogen-bond donors (Lipinski definition) is 0. The van der Waals surface area contributed by atoms with Crippen LogP contribution in [0.25, 0.3) is 0 Å². The van der Waals surface area contributed by atoms with Crippen molar-refractivity contribution >= 4 is 29.0 Å². The number of hydrogen-bond acceptors (Lipinski definition) is 1. The second-order valence-electron chi connectivity index (χ2n) is 6.65. The minimum Gasteiger partial charge on any atom is -0.296 e. The van der Waals surface area contributed by atoms with Crippen LogP contribution in [0, 0.1) is 0 Å². The highest BCUT2D eigenvalue weighted by Gasteiger charge is 2.25. The molecule has 0 fully saturated rings. The Labute approximate surface area is 154 Å². The molecule has 0 aromatic heterocycles. The van der Waals surface area contributed by atoms with Gasteiger partial charge in [0.2, 0.25) is 0 Å². The highest BCUT2D eigenvalue weighted by molar-refractivity contribution is 6.57. The number of Topliss-reactive ketones (excluding diaryl/α,β-unsaturated/α-hetero) is 1. The van der Waals surface area contributed by atoms with Crippen molar-refractivity contribution < 1.29 is 4.79 Å². The summed E-state index contributed by atoms with van der Waals surface area (Å²) in [7, 11) is 0. The molecule has 0 heterocycles. The maximum atomic E-state index is 11.5. The topological polar surface area (TPSA) is 17.1 Å². The molecule has 0 saturated heterocycles. The molecular weight excluding hydrogens is 327 g/mol. The number of allylic oxidation sites excluding steroid dienone is 2. The minimum absolute atomic E-state index is 0.0570. The number of carbonyl (C=O) groups is 1. The summed E-state index contributed by atoms with van der Waals surface area (Å²) in [6, 6.07) is 0. The molecule has 3 heteroatoms. The van der Waals surface area contributed by atoms with E-state index in [1.807, 2.05) is 0 Å². The normalized spacial score (nSPS) is 12.2. The van der Waals surface area contributed by atoms with Crippen LogP contribution in [0.4, 0.5) is 0 Å². The van der Waals surface area contributed by atoms with Gasteiger partial charge in [0, 0.05) is 6.42 Å². The predicted molar refractivity (Wildman–Crippen MR) is 105 cm³/mol. The molecule has 0 unspecified atom stereocenters. The molecule has 0 spiro atoms. The third-order valence-electron chi connectivity index (χ3n) is 4.16. The lowest BCUT2D eigenvalue weighted by molar-refractivity contribution is -0.119. The highest BCUT2D eigenvalue weighted by atomic mass is 35.5. The van der Waals surface area contributed by atoms with Crippen LogP contribution < -0.4 is 0 Å². The van der Waals surface area contributed by atoms with E-state index in [4.69, 9.17) is 23.2 Å². The number of ketones is 1. The van der Waals surface area contributed by atoms with Crippen molar-refractivity contribution in [2.75, 3.05) is 0 Å². The fourth-order valence-electron chi connectivity index (χ4n) is 2.58. The van der Waals surface area contributed by atoms with Gasteiger partial charge in [-0.25, -0.2) is 0 Å². The van der Waals surface area contributed by atoms with Gasteiger partial charge in [0.25, 0.3) is 0 Å². The van der Waals surface area contributed by atoms with Crippen LogP contribution in [0.1, 0.15) is 104 Å². The molecule has 0 aliphatic rings. The summed E-state index contributed by atoms with van der Waals surface area (Å²) in [5.41, 5.74) is 0. The maximum Gasteiger partial charge on any atom is 0.173 e. The van der Waals surface area contributed by atoms with Crippen molar-refractivity contribution in [3.05, 3.63) is 12.2 Å². The number of carbonyl (C=O) groups excluding carboxylic acids is 1. The Morgan fingerprint density at radius 1 is 0.783 bits per heavy atom. The molecule has 0 aromatic carbocycles. The molecule has 0 aliphatic carbocycles. The summed E-state index contributed by atoms with van der Waals surface area (Å²) in [5.74, 6) is -0.0570. The molecule has 0 saturated carbocycles. The standard InChI is InChI=1S/C20H36Cl2O/c1-3-4-5-6-7-8-9-10-11-12-13-14-15-16-17-18-19(23)20(2,21)22/h10-11H,3-9,12-18H2,1-2H3/b11-10+. The van der Waals surface area contributed by atoms with E-state index in [2.05, 4.69) is 19.1 Å². The Balaban J connectivity index is 3.24. The Kier molecular flexibility index (Phi) is 15.5. The SMILES string of the molecule is CCCCCCCC/C=C/CCCCCCCC(=O)C(C)(Cl)Cl. The molecule has 0 aromatic rings. The van der Waals surface area contributed by atoms with Gasteiger partial charge in [0.15, 0.2) is 10.1 Å². The largest absolute Gasteiger partial charge is 0.296 e. The zero-order valence-corrected chi connectivity index (χ0v) is 16.7. The first kappa shape index (κ1) is 23.0. The van der Waals surface area contributed by atoms with E-state index in [1.54, 1.807) is 6.92 Å². The molecule has 1 nitrogen and oxygen atoms in total. The molecule has 0 amide bonds. The maximum absolute atomic E-state index is 11.5. The first-order valence-corrected chi connectivity index (χ1v) is 10.3. The second-order valence-corrected chi connectivity index (χ2v) is 8.35. The molecule has 23 heavy (non-hydrogen) atoms. The first-order chi connectivity index (χ1) is 11.0. The van der Waals surface area contributed by atoms with Gasteiger partial charge in [-0.15, -0.1) is 0 Å². The summed E-state index contributed by atoms with van der Waals surface area (Å²) in [4.78, 5) is 11.5. The molecule has 0 rings (SSSR count). The molecule has 0 radical (unpaired) electrons. The Morgan fingerprint density at radius 2 is 1.22 bits per heavy atom. The van der Waals surface area contributed by atoms with Gasteiger partial charge in [-0.3, -0.25) is 4.79 Å². The number of halogens is 2. The molecule has 0 aliphatic heterocycles. The zero-order chi connectivity index (χ0) is 17.4. The van der Waals surface area contributed by atoms with E-state index in [9.17, 15) is 4.79 Å². The summed E-state index contributed by atoms with van der Waals surface area (Å²) in [5, 5.41) is 0. The van der Waals surface area contributed by atoms with Crippen molar-refractivity contribution in [1.82, 2.24) is 0 Å². The lowest BCUT2D eigenvalue weighted by Crippen LogP contribution is -2.21. The third kappa shape index (κ3) is 16.6. The summed E-state index contributed by atoms with van der Waals surface area (Å²) < 4.78 is -1.21. The van der Waals surface area contributed by atoms with E-state index in [1.165, 1.54) is 70.6 Å². The van der Waals surface area contributed by atoms with Crippen LogP contribution in [0.15, 0.2) is 12.2 Å². The number of alkyl halides is 2. The average molecular weight is 363 g/mol.